The van der Waals surface area contributed by atoms with Crippen LogP contribution in [0.1, 0.15) is 29.0 Å². The van der Waals surface area contributed by atoms with E-state index in [1.165, 1.54) is 5.56 Å². The third-order valence-corrected chi connectivity index (χ3v) is 5.19. The SMILES string of the molecule is Cc1ccccc1-c1nc(C)c(CNC(=O)[C@H]2CCC(=O)N2)s1. The maximum atomic E-state index is 12.1. The van der Waals surface area contributed by atoms with Gasteiger partial charge in [0.2, 0.25) is 11.8 Å². The fourth-order valence-corrected chi connectivity index (χ4v) is 3.71. The van der Waals surface area contributed by atoms with Crippen LogP contribution in [-0.4, -0.2) is 22.8 Å². The molecule has 0 bridgehead atoms. The van der Waals surface area contributed by atoms with Crippen LogP contribution < -0.4 is 10.6 Å². The predicted octanol–water partition coefficient (Wildman–Crippen LogP) is 2.32. The first-order valence-corrected chi connectivity index (χ1v) is 8.45. The van der Waals surface area contributed by atoms with E-state index in [0.29, 0.717) is 19.4 Å². The fourth-order valence-electron chi connectivity index (χ4n) is 2.62. The quantitative estimate of drug-likeness (QED) is 0.904. The molecule has 6 heteroatoms. The number of thiazole rings is 1. The number of hydrogen-bond donors (Lipinski definition) is 2. The van der Waals surface area contributed by atoms with Crippen molar-refractivity contribution in [2.24, 2.45) is 0 Å². The summed E-state index contributed by atoms with van der Waals surface area (Å²) in [5.41, 5.74) is 3.25. The Morgan fingerprint density at radius 1 is 1.39 bits per heavy atom. The standard InChI is InChI=1S/C17H19N3O2S/c1-10-5-3-4-6-12(10)17-19-11(2)14(23-17)9-18-16(22)13-7-8-15(21)20-13/h3-6,13H,7-9H2,1-2H3,(H,18,22)(H,20,21)/t13-/m1/s1. The van der Waals surface area contributed by atoms with Crippen molar-refractivity contribution in [1.29, 1.82) is 0 Å². The van der Waals surface area contributed by atoms with Crippen molar-refractivity contribution in [3.63, 3.8) is 0 Å². The zero-order chi connectivity index (χ0) is 16.4. The molecule has 3 rings (SSSR count). The van der Waals surface area contributed by atoms with Gasteiger partial charge in [-0.15, -0.1) is 11.3 Å². The minimum absolute atomic E-state index is 0.0547. The van der Waals surface area contributed by atoms with E-state index in [1.54, 1.807) is 11.3 Å². The Labute approximate surface area is 139 Å². The molecule has 0 radical (unpaired) electrons. The number of carbonyl (C=O) groups is 2. The molecule has 2 N–H and O–H groups in total. The minimum atomic E-state index is -0.397. The Morgan fingerprint density at radius 2 is 2.17 bits per heavy atom. The van der Waals surface area contributed by atoms with Crippen molar-refractivity contribution < 1.29 is 9.59 Å². The second kappa shape index (κ2) is 6.50. The summed E-state index contributed by atoms with van der Waals surface area (Å²) in [5, 5.41) is 6.55. The van der Waals surface area contributed by atoms with Gasteiger partial charge in [0.25, 0.3) is 0 Å². The Kier molecular flexibility index (Phi) is 4.43. The highest BCUT2D eigenvalue weighted by Crippen LogP contribution is 2.30. The van der Waals surface area contributed by atoms with Gasteiger partial charge in [-0.3, -0.25) is 9.59 Å². The van der Waals surface area contributed by atoms with Crippen LogP contribution in [0.25, 0.3) is 10.6 Å². The molecule has 1 aromatic carbocycles. The Hall–Kier alpha value is -2.21. The van der Waals surface area contributed by atoms with E-state index in [2.05, 4.69) is 34.7 Å². The lowest BCUT2D eigenvalue weighted by atomic mass is 10.1. The Bertz CT molecular complexity index is 754. The third-order valence-electron chi connectivity index (χ3n) is 4.00. The largest absolute Gasteiger partial charge is 0.349 e. The van der Waals surface area contributed by atoms with Gasteiger partial charge in [0, 0.05) is 16.9 Å². The summed E-state index contributed by atoms with van der Waals surface area (Å²) in [7, 11) is 0. The average molecular weight is 329 g/mol. The van der Waals surface area contributed by atoms with Crippen LogP contribution >= 0.6 is 11.3 Å². The molecule has 1 fully saturated rings. The van der Waals surface area contributed by atoms with E-state index >= 15 is 0 Å². The highest BCUT2D eigenvalue weighted by Gasteiger charge is 2.27. The Morgan fingerprint density at radius 3 is 2.87 bits per heavy atom. The molecular weight excluding hydrogens is 310 g/mol. The number of nitrogens with zero attached hydrogens (tertiary/aromatic N) is 1. The first kappa shape index (κ1) is 15.7. The maximum Gasteiger partial charge on any atom is 0.242 e. The van der Waals surface area contributed by atoms with Gasteiger partial charge in [-0.25, -0.2) is 4.98 Å². The molecule has 120 valence electrons. The van der Waals surface area contributed by atoms with Gasteiger partial charge in [0.15, 0.2) is 0 Å². The van der Waals surface area contributed by atoms with E-state index in [4.69, 9.17) is 0 Å². The summed E-state index contributed by atoms with van der Waals surface area (Å²) in [4.78, 5) is 28.9. The monoisotopic (exact) mass is 329 g/mol. The summed E-state index contributed by atoms with van der Waals surface area (Å²) in [6, 6.07) is 7.74. The minimum Gasteiger partial charge on any atom is -0.349 e. The van der Waals surface area contributed by atoms with Gasteiger partial charge >= 0.3 is 0 Å². The number of rotatable bonds is 4. The molecule has 1 saturated heterocycles. The van der Waals surface area contributed by atoms with Gasteiger partial charge in [-0.2, -0.15) is 0 Å². The molecule has 1 aromatic heterocycles. The number of nitrogens with one attached hydrogen (secondary N) is 2. The van der Waals surface area contributed by atoms with Gasteiger partial charge in [-0.05, 0) is 25.8 Å². The summed E-state index contributed by atoms with van der Waals surface area (Å²) in [5.74, 6) is -0.179. The molecule has 0 spiro atoms. The molecule has 0 unspecified atom stereocenters. The molecule has 2 amide bonds. The average Bonchev–Trinajstić information content (AvgIpc) is 3.11. The number of benzene rings is 1. The van der Waals surface area contributed by atoms with Crippen LogP contribution in [0.15, 0.2) is 24.3 Å². The van der Waals surface area contributed by atoms with Crippen LogP contribution in [0.5, 0.6) is 0 Å². The summed E-state index contributed by atoms with van der Waals surface area (Å²) >= 11 is 1.60. The maximum absolute atomic E-state index is 12.1. The molecule has 0 aliphatic carbocycles. The first-order chi connectivity index (χ1) is 11.0. The molecule has 2 aromatic rings. The van der Waals surface area contributed by atoms with E-state index in [0.717, 1.165) is 21.1 Å². The van der Waals surface area contributed by atoms with Crippen molar-refractivity contribution in [3.05, 3.63) is 40.4 Å². The van der Waals surface area contributed by atoms with Crippen LogP contribution in [0, 0.1) is 13.8 Å². The second-order valence-electron chi connectivity index (χ2n) is 5.72. The van der Waals surface area contributed by atoms with Gasteiger partial charge < -0.3 is 10.6 Å². The van der Waals surface area contributed by atoms with E-state index in [1.807, 2.05) is 19.1 Å². The number of aromatic nitrogens is 1. The highest BCUT2D eigenvalue weighted by molar-refractivity contribution is 7.15. The van der Waals surface area contributed by atoms with E-state index in [9.17, 15) is 9.59 Å². The van der Waals surface area contributed by atoms with E-state index in [-0.39, 0.29) is 11.8 Å². The molecule has 1 aliphatic rings. The molecule has 0 saturated carbocycles. The van der Waals surface area contributed by atoms with Crippen molar-refractivity contribution in [2.75, 3.05) is 0 Å². The number of carbonyl (C=O) groups excluding carboxylic acids is 2. The first-order valence-electron chi connectivity index (χ1n) is 7.64. The van der Waals surface area contributed by atoms with Crippen LogP contribution in [-0.2, 0) is 16.1 Å². The summed E-state index contributed by atoms with van der Waals surface area (Å²) in [6.45, 7) is 4.47. The molecule has 5 nitrogen and oxygen atoms in total. The van der Waals surface area contributed by atoms with E-state index < -0.39 is 6.04 Å². The fraction of sp³-hybridized carbons (Fsp3) is 0.353. The zero-order valence-corrected chi connectivity index (χ0v) is 14.0. The smallest absolute Gasteiger partial charge is 0.242 e. The molecule has 1 atom stereocenters. The summed E-state index contributed by atoms with van der Waals surface area (Å²) < 4.78 is 0. The van der Waals surface area contributed by atoms with Crippen LogP contribution in [0.3, 0.4) is 0 Å². The molecule has 23 heavy (non-hydrogen) atoms. The normalized spacial score (nSPS) is 17.1. The Balaban J connectivity index is 1.68. The van der Waals surface area contributed by atoms with Crippen molar-refractivity contribution >= 4 is 23.2 Å². The van der Waals surface area contributed by atoms with Crippen LogP contribution in [0.2, 0.25) is 0 Å². The molecular formula is C17H19N3O2S. The second-order valence-corrected chi connectivity index (χ2v) is 6.80. The topological polar surface area (TPSA) is 71.1 Å². The third kappa shape index (κ3) is 3.42. The van der Waals surface area contributed by atoms with Gasteiger partial charge in [0.05, 0.1) is 12.2 Å². The van der Waals surface area contributed by atoms with Crippen molar-refractivity contribution in [2.45, 2.75) is 39.3 Å². The lowest BCUT2D eigenvalue weighted by Gasteiger charge is -2.10. The van der Waals surface area contributed by atoms with Crippen molar-refractivity contribution in [3.8, 4) is 10.6 Å². The van der Waals surface area contributed by atoms with Crippen molar-refractivity contribution in [1.82, 2.24) is 15.6 Å². The lowest BCUT2D eigenvalue weighted by molar-refractivity contribution is -0.125. The lowest BCUT2D eigenvalue weighted by Crippen LogP contribution is -2.41. The summed E-state index contributed by atoms with van der Waals surface area (Å²) in [6.07, 6.45) is 0.996. The van der Waals surface area contributed by atoms with Gasteiger partial charge in [0.1, 0.15) is 11.0 Å². The predicted molar refractivity (Wildman–Crippen MR) is 90.0 cm³/mol. The molecule has 2 heterocycles. The molecule has 1 aliphatic heterocycles. The number of aryl methyl sites for hydroxylation is 2. The zero-order valence-electron chi connectivity index (χ0n) is 13.2. The highest BCUT2D eigenvalue weighted by atomic mass is 32.1. The number of hydrogen-bond acceptors (Lipinski definition) is 4. The number of amides is 2. The van der Waals surface area contributed by atoms with Crippen LogP contribution in [0.4, 0.5) is 0 Å². The van der Waals surface area contributed by atoms with Gasteiger partial charge in [-0.1, -0.05) is 24.3 Å².